The molecule has 2 aromatic rings. The molecule has 1 aromatic carbocycles. The monoisotopic (exact) mass is 333 g/mol. The third kappa shape index (κ3) is 4.41. The Morgan fingerprint density at radius 3 is 2.52 bits per heavy atom. The van der Waals surface area contributed by atoms with E-state index in [1.54, 1.807) is 12.4 Å². The van der Waals surface area contributed by atoms with Crippen LogP contribution in [-0.2, 0) is 6.54 Å². The third-order valence-electron chi connectivity index (χ3n) is 2.51. The zero-order valence-electron chi connectivity index (χ0n) is 10.9. The molecule has 0 radical (unpaired) electrons. The van der Waals surface area contributed by atoms with Crippen LogP contribution in [0.1, 0.15) is 11.1 Å². The highest BCUT2D eigenvalue weighted by atomic mass is 35.5. The second kappa shape index (κ2) is 6.87. The Balaban J connectivity index is 2.19. The summed E-state index contributed by atoms with van der Waals surface area (Å²) in [4.78, 5) is 8.10. The molecule has 0 aliphatic carbocycles. The van der Waals surface area contributed by atoms with Crippen LogP contribution in [0, 0.1) is 6.92 Å². The van der Waals surface area contributed by atoms with E-state index < -0.39 is 6.61 Å². The van der Waals surface area contributed by atoms with Crippen LogP contribution in [0.4, 0.5) is 14.7 Å². The second-order valence-electron chi connectivity index (χ2n) is 4.19. The van der Waals surface area contributed by atoms with E-state index in [1.165, 1.54) is 12.1 Å². The normalized spacial score (nSPS) is 10.8. The van der Waals surface area contributed by atoms with Crippen molar-refractivity contribution in [2.24, 2.45) is 0 Å². The predicted octanol–water partition coefficient (Wildman–Crippen LogP) is 4.31. The number of aryl methyl sites for hydroxylation is 1. The summed E-state index contributed by atoms with van der Waals surface area (Å²) in [6.07, 6.45) is 3.27. The largest absolute Gasteiger partial charge is 0.433 e. The minimum atomic E-state index is -2.97. The molecule has 0 saturated heterocycles. The van der Waals surface area contributed by atoms with Gasteiger partial charge in [-0.15, -0.1) is 0 Å². The zero-order valence-corrected chi connectivity index (χ0v) is 12.4. The van der Waals surface area contributed by atoms with Crippen molar-refractivity contribution < 1.29 is 13.5 Å². The minimum Gasteiger partial charge on any atom is -0.433 e. The summed E-state index contributed by atoms with van der Waals surface area (Å²) in [5.41, 5.74) is 1.30. The first kappa shape index (κ1) is 15.7. The van der Waals surface area contributed by atoms with Gasteiger partial charge in [-0.3, -0.25) is 0 Å². The van der Waals surface area contributed by atoms with Gasteiger partial charge in [0.2, 0.25) is 5.95 Å². The van der Waals surface area contributed by atoms with Crippen LogP contribution < -0.4 is 10.1 Å². The lowest BCUT2D eigenvalue weighted by Crippen LogP contribution is -2.09. The van der Waals surface area contributed by atoms with Crippen LogP contribution in [0.15, 0.2) is 24.5 Å². The number of hydrogen-bond acceptors (Lipinski definition) is 4. The highest BCUT2D eigenvalue weighted by Crippen LogP contribution is 2.33. The molecule has 4 nitrogen and oxygen atoms in total. The molecule has 0 amide bonds. The second-order valence-corrected chi connectivity index (χ2v) is 5.04. The highest BCUT2D eigenvalue weighted by Gasteiger charge is 2.15. The molecule has 112 valence electrons. The Labute approximate surface area is 130 Å². The van der Waals surface area contributed by atoms with Crippen molar-refractivity contribution in [2.45, 2.75) is 20.1 Å². The van der Waals surface area contributed by atoms with E-state index in [-0.39, 0.29) is 17.3 Å². The van der Waals surface area contributed by atoms with Crippen molar-refractivity contribution in [3.05, 3.63) is 45.7 Å². The van der Waals surface area contributed by atoms with E-state index in [9.17, 15) is 8.78 Å². The zero-order chi connectivity index (χ0) is 15.4. The summed E-state index contributed by atoms with van der Waals surface area (Å²) >= 11 is 11.8. The molecule has 0 saturated carbocycles. The van der Waals surface area contributed by atoms with Crippen LogP contribution >= 0.6 is 23.2 Å². The molecule has 0 bridgehead atoms. The van der Waals surface area contributed by atoms with E-state index >= 15 is 0 Å². The minimum absolute atomic E-state index is 0.0180. The van der Waals surface area contributed by atoms with Gasteiger partial charge in [-0.05, 0) is 24.6 Å². The number of benzene rings is 1. The van der Waals surface area contributed by atoms with Crippen LogP contribution in [0.5, 0.6) is 5.75 Å². The average molecular weight is 334 g/mol. The van der Waals surface area contributed by atoms with E-state index in [4.69, 9.17) is 23.2 Å². The molecule has 0 aliphatic rings. The Morgan fingerprint density at radius 2 is 1.90 bits per heavy atom. The summed E-state index contributed by atoms with van der Waals surface area (Å²) < 4.78 is 29.3. The van der Waals surface area contributed by atoms with E-state index in [0.717, 1.165) is 5.56 Å². The average Bonchev–Trinajstić information content (AvgIpc) is 2.41. The van der Waals surface area contributed by atoms with Crippen molar-refractivity contribution in [3.63, 3.8) is 0 Å². The fourth-order valence-electron chi connectivity index (χ4n) is 1.62. The van der Waals surface area contributed by atoms with Gasteiger partial charge in [-0.25, -0.2) is 9.97 Å². The summed E-state index contributed by atoms with van der Waals surface area (Å²) in [5.74, 6) is 0.246. The van der Waals surface area contributed by atoms with Gasteiger partial charge < -0.3 is 10.1 Å². The number of ether oxygens (including phenoxy) is 1. The molecule has 2 rings (SSSR count). The lowest BCUT2D eigenvalue weighted by Gasteiger charge is -2.13. The number of aromatic nitrogens is 2. The number of anilines is 1. The lowest BCUT2D eigenvalue weighted by molar-refractivity contribution is -0.0503. The van der Waals surface area contributed by atoms with Gasteiger partial charge in [0.25, 0.3) is 0 Å². The van der Waals surface area contributed by atoms with Crippen LogP contribution in [0.3, 0.4) is 0 Å². The quantitative estimate of drug-likeness (QED) is 0.885. The highest BCUT2D eigenvalue weighted by molar-refractivity contribution is 6.35. The Hall–Kier alpha value is -1.66. The molecule has 1 aromatic heterocycles. The number of nitrogens with one attached hydrogen (secondary N) is 1. The molecular weight excluding hydrogens is 323 g/mol. The van der Waals surface area contributed by atoms with E-state index in [2.05, 4.69) is 20.0 Å². The first-order chi connectivity index (χ1) is 9.95. The molecule has 1 N–H and O–H groups in total. The fraction of sp³-hybridized carbons (Fsp3) is 0.231. The van der Waals surface area contributed by atoms with Crippen molar-refractivity contribution in [1.82, 2.24) is 9.97 Å². The van der Waals surface area contributed by atoms with Gasteiger partial charge in [0.1, 0.15) is 5.75 Å². The number of nitrogens with zero attached hydrogens (tertiary/aromatic N) is 2. The van der Waals surface area contributed by atoms with Crippen molar-refractivity contribution >= 4 is 29.2 Å². The van der Waals surface area contributed by atoms with Gasteiger partial charge in [0.05, 0.1) is 5.02 Å². The molecule has 0 unspecified atom stereocenters. The maximum absolute atomic E-state index is 12.4. The summed E-state index contributed by atoms with van der Waals surface area (Å²) in [7, 11) is 0. The molecule has 8 heteroatoms. The fourth-order valence-corrected chi connectivity index (χ4v) is 2.20. The Bertz CT molecular complexity index is 624. The molecule has 0 spiro atoms. The molecule has 21 heavy (non-hydrogen) atoms. The molecule has 0 atom stereocenters. The first-order valence-corrected chi connectivity index (χ1v) is 6.66. The maximum Gasteiger partial charge on any atom is 0.387 e. The van der Waals surface area contributed by atoms with Gasteiger partial charge >= 0.3 is 6.61 Å². The SMILES string of the molecule is Cc1cnc(NCc2cc(Cl)cc(Cl)c2OC(F)F)nc1. The molecule has 0 fully saturated rings. The number of halogens is 4. The van der Waals surface area contributed by atoms with Crippen LogP contribution in [0.25, 0.3) is 0 Å². The molecule has 1 heterocycles. The van der Waals surface area contributed by atoms with Crippen molar-refractivity contribution in [3.8, 4) is 5.75 Å². The van der Waals surface area contributed by atoms with Gasteiger partial charge in [0, 0.05) is 29.5 Å². The number of rotatable bonds is 5. The predicted molar refractivity (Wildman–Crippen MR) is 77.2 cm³/mol. The standard InChI is InChI=1S/C13H11Cl2F2N3O/c1-7-4-18-13(19-5-7)20-6-8-2-9(14)3-10(15)11(8)21-12(16)17/h2-5,12H,6H2,1H3,(H,18,19,20). The topological polar surface area (TPSA) is 47.0 Å². The van der Waals surface area contributed by atoms with Gasteiger partial charge in [0.15, 0.2) is 0 Å². The van der Waals surface area contributed by atoms with Gasteiger partial charge in [-0.1, -0.05) is 23.2 Å². The third-order valence-corrected chi connectivity index (χ3v) is 3.01. The summed E-state index contributed by atoms with van der Waals surface area (Å²) in [6.45, 7) is -0.974. The Morgan fingerprint density at radius 1 is 1.24 bits per heavy atom. The maximum atomic E-state index is 12.4. The van der Waals surface area contributed by atoms with Crippen molar-refractivity contribution in [2.75, 3.05) is 5.32 Å². The van der Waals surface area contributed by atoms with Crippen molar-refractivity contribution in [1.29, 1.82) is 0 Å². The van der Waals surface area contributed by atoms with Crippen LogP contribution in [0.2, 0.25) is 10.0 Å². The lowest BCUT2D eigenvalue weighted by atomic mass is 10.2. The Kier molecular flexibility index (Phi) is 5.14. The smallest absolute Gasteiger partial charge is 0.387 e. The summed E-state index contributed by atoms with van der Waals surface area (Å²) in [6, 6.07) is 2.83. The first-order valence-electron chi connectivity index (χ1n) is 5.91. The number of alkyl halides is 2. The van der Waals surface area contributed by atoms with Gasteiger partial charge in [-0.2, -0.15) is 8.78 Å². The molecular formula is C13H11Cl2F2N3O. The molecule has 0 aliphatic heterocycles. The van der Waals surface area contributed by atoms with E-state index in [1.807, 2.05) is 6.92 Å². The van der Waals surface area contributed by atoms with Crippen LogP contribution in [-0.4, -0.2) is 16.6 Å². The van der Waals surface area contributed by atoms with E-state index in [0.29, 0.717) is 16.5 Å². The number of hydrogen-bond donors (Lipinski definition) is 1. The summed E-state index contributed by atoms with van der Waals surface area (Å²) in [5, 5.41) is 3.23.